The van der Waals surface area contributed by atoms with Crippen LogP contribution in [0.15, 0.2) is 174 Å². The van der Waals surface area contributed by atoms with Crippen molar-refractivity contribution in [1.82, 2.24) is 19.1 Å². The van der Waals surface area contributed by atoms with Gasteiger partial charge in [0.1, 0.15) is 16.8 Å². The number of furan rings is 1. The Morgan fingerprint density at radius 2 is 1.28 bits per heavy atom. The van der Waals surface area contributed by atoms with Gasteiger partial charge in [-0.2, -0.15) is 0 Å². The number of benzene rings is 7. The summed E-state index contributed by atoms with van der Waals surface area (Å²) in [5.74, 6) is 0.709. The summed E-state index contributed by atoms with van der Waals surface area (Å²) in [6.45, 7) is 0. The normalized spacial score (nSPS) is 13.1. The lowest BCUT2D eigenvalue weighted by Gasteiger charge is -2.18. The van der Waals surface area contributed by atoms with Gasteiger partial charge in [-0.3, -0.25) is 0 Å². The average molecular weight is 761 g/mol. The molecule has 7 aromatic carbocycles. The summed E-state index contributed by atoms with van der Waals surface area (Å²) in [4.78, 5) is 10.8. The van der Waals surface area contributed by atoms with Crippen LogP contribution in [0.1, 0.15) is 23.5 Å². The molecule has 1 aliphatic rings. The second-order valence-electron chi connectivity index (χ2n) is 15.2. The summed E-state index contributed by atoms with van der Waals surface area (Å²) in [6.07, 6.45) is 4.13. The molecule has 6 heteroatoms. The lowest BCUT2D eigenvalue weighted by Crippen LogP contribution is -2.08. The van der Waals surface area contributed by atoms with E-state index in [1.54, 1.807) is 0 Å². The van der Waals surface area contributed by atoms with E-state index >= 15 is 0 Å². The zero-order valence-electron chi connectivity index (χ0n) is 31.2. The van der Waals surface area contributed by atoms with Gasteiger partial charge in [-0.25, -0.2) is 9.97 Å². The summed E-state index contributed by atoms with van der Waals surface area (Å²) in [5.41, 5.74) is 13.5. The van der Waals surface area contributed by atoms with Gasteiger partial charge in [0.05, 0.1) is 21.3 Å². The molecule has 5 nitrogen and oxygen atoms in total. The van der Waals surface area contributed by atoms with Gasteiger partial charge < -0.3 is 13.6 Å². The van der Waals surface area contributed by atoms with Gasteiger partial charge in [0.25, 0.3) is 0 Å². The molecule has 272 valence electrons. The number of hydrogen-bond donors (Lipinski definition) is 0. The highest BCUT2D eigenvalue weighted by Crippen LogP contribution is 2.46. The molecule has 0 spiro atoms. The van der Waals surface area contributed by atoms with Crippen molar-refractivity contribution in [3.8, 4) is 22.6 Å². The Balaban J connectivity index is 1.12. The number of fused-ring (bicyclic) bond motifs is 13. The van der Waals surface area contributed by atoms with Gasteiger partial charge in [0, 0.05) is 70.8 Å². The van der Waals surface area contributed by atoms with E-state index in [9.17, 15) is 0 Å². The standard InChI is InChI=1S/C52H32N4OS/c1-3-14-31(15-4-1)47-50-48(38-20-8-11-24-44(38)57-50)54-52(53-47)39-21-13-23-43-46(39)40-30-33(26-29-42(40)55(43)32-16-5-2-6-17-32)56-41-22-10-7-18-34(41)36-27-28-37-35-19-9-12-25-45(35)58-51(37)49(36)56/h1-12,14-22,24-30H,13,23H2. The van der Waals surface area contributed by atoms with Gasteiger partial charge in [0.2, 0.25) is 0 Å². The molecule has 1 aliphatic carbocycles. The van der Waals surface area contributed by atoms with Crippen molar-refractivity contribution in [1.29, 1.82) is 0 Å². The number of thiophene rings is 1. The molecule has 0 N–H and O–H groups in total. The van der Waals surface area contributed by atoms with Crippen LogP contribution in [0.3, 0.4) is 0 Å². The monoisotopic (exact) mass is 760 g/mol. The lowest BCUT2D eigenvalue weighted by atomic mass is 9.93. The molecule has 0 saturated carbocycles. The van der Waals surface area contributed by atoms with Crippen molar-refractivity contribution in [2.75, 3.05) is 0 Å². The molecule has 0 saturated heterocycles. The third-order valence-corrected chi connectivity index (χ3v) is 13.2. The summed E-state index contributed by atoms with van der Waals surface area (Å²) >= 11 is 1.88. The van der Waals surface area contributed by atoms with Crippen molar-refractivity contribution in [2.24, 2.45) is 0 Å². The van der Waals surface area contributed by atoms with Crippen LogP contribution in [-0.2, 0) is 6.42 Å². The first-order valence-corrected chi connectivity index (χ1v) is 20.6. The zero-order chi connectivity index (χ0) is 37.9. The van der Waals surface area contributed by atoms with Crippen molar-refractivity contribution in [3.05, 3.63) is 187 Å². The number of para-hydroxylation sites is 3. The molecule has 0 fully saturated rings. The molecule has 0 unspecified atom stereocenters. The topological polar surface area (TPSA) is 48.8 Å². The van der Waals surface area contributed by atoms with Crippen LogP contribution in [-0.4, -0.2) is 19.1 Å². The minimum atomic E-state index is 0.709. The molecule has 0 atom stereocenters. The Bertz CT molecular complexity index is 3680. The molecule has 58 heavy (non-hydrogen) atoms. The van der Waals surface area contributed by atoms with Crippen LogP contribution < -0.4 is 0 Å². The van der Waals surface area contributed by atoms with Crippen LogP contribution in [0, 0.1) is 0 Å². The van der Waals surface area contributed by atoms with Gasteiger partial charge in [0.15, 0.2) is 11.4 Å². The highest BCUT2D eigenvalue weighted by Gasteiger charge is 2.28. The van der Waals surface area contributed by atoms with Crippen LogP contribution >= 0.6 is 11.3 Å². The number of nitrogens with zero attached hydrogens (tertiary/aromatic N) is 4. The second-order valence-corrected chi connectivity index (χ2v) is 16.2. The van der Waals surface area contributed by atoms with Crippen molar-refractivity contribution in [2.45, 2.75) is 12.8 Å². The Morgan fingerprint density at radius 1 is 0.552 bits per heavy atom. The number of aromatic nitrogens is 4. The fraction of sp³-hybridized carbons (Fsp3) is 0.0385. The maximum atomic E-state index is 6.51. The summed E-state index contributed by atoms with van der Waals surface area (Å²) < 4.78 is 14.1. The molecule has 13 rings (SSSR count). The molecule has 5 heterocycles. The molecule has 5 aromatic heterocycles. The zero-order valence-corrected chi connectivity index (χ0v) is 32.0. The molecule has 0 aliphatic heterocycles. The third-order valence-electron chi connectivity index (χ3n) is 12.0. The second kappa shape index (κ2) is 12.1. The molecular weight excluding hydrogens is 729 g/mol. The van der Waals surface area contributed by atoms with Crippen molar-refractivity contribution < 1.29 is 4.42 Å². The fourth-order valence-electron chi connectivity index (χ4n) is 9.54. The summed E-state index contributed by atoms with van der Waals surface area (Å²) in [5, 5.41) is 7.29. The SMILES string of the molecule is C1=C(c2nc(-c3ccccc3)c3oc4ccccc4c3n2)c2c(n(-c3ccccc3)c3ccc(-n4c5ccccc5c5ccc6c7ccccc7sc6c54)cc23)CC1. The maximum absolute atomic E-state index is 6.51. The number of hydrogen-bond acceptors (Lipinski definition) is 4. The summed E-state index contributed by atoms with van der Waals surface area (Å²) in [7, 11) is 0. The largest absolute Gasteiger partial charge is 0.452 e. The Morgan fingerprint density at radius 3 is 2.16 bits per heavy atom. The first kappa shape index (κ1) is 31.9. The van der Waals surface area contributed by atoms with Gasteiger partial charge in [-0.1, -0.05) is 115 Å². The van der Waals surface area contributed by atoms with E-state index in [2.05, 4.69) is 161 Å². The van der Waals surface area contributed by atoms with Gasteiger partial charge in [-0.05, 0) is 67.4 Å². The lowest BCUT2D eigenvalue weighted by molar-refractivity contribution is 0.667. The minimum absolute atomic E-state index is 0.709. The molecule has 12 aromatic rings. The van der Waals surface area contributed by atoms with Crippen molar-refractivity contribution in [3.63, 3.8) is 0 Å². The predicted molar refractivity (Wildman–Crippen MR) is 241 cm³/mol. The average Bonchev–Trinajstić information content (AvgIpc) is 4.04. The predicted octanol–water partition coefficient (Wildman–Crippen LogP) is 13.8. The Labute approximate surface area is 336 Å². The maximum Gasteiger partial charge on any atom is 0.180 e. The molecular formula is C52H32N4OS. The number of rotatable bonds is 4. The quantitative estimate of drug-likeness (QED) is 0.179. The summed E-state index contributed by atoms with van der Waals surface area (Å²) in [6, 6.07) is 58.6. The minimum Gasteiger partial charge on any atom is -0.452 e. The molecule has 0 bridgehead atoms. The van der Waals surface area contributed by atoms with Crippen molar-refractivity contribution >= 4 is 91.9 Å². The smallest absolute Gasteiger partial charge is 0.180 e. The highest BCUT2D eigenvalue weighted by molar-refractivity contribution is 7.26. The van der Waals surface area contributed by atoms with Crippen LogP contribution in [0.2, 0.25) is 0 Å². The van der Waals surface area contributed by atoms with Gasteiger partial charge in [-0.15, -0.1) is 11.3 Å². The van der Waals surface area contributed by atoms with E-state index in [4.69, 9.17) is 14.4 Å². The molecule has 0 amide bonds. The first-order valence-electron chi connectivity index (χ1n) is 19.8. The third kappa shape index (κ3) is 4.46. The Kier molecular flexibility index (Phi) is 6.65. The van der Waals surface area contributed by atoms with E-state index in [-0.39, 0.29) is 0 Å². The number of allylic oxidation sites excluding steroid dienone is 1. The first-order chi connectivity index (χ1) is 28.8. The van der Waals surface area contributed by atoms with Crippen LogP contribution in [0.5, 0.6) is 0 Å². The van der Waals surface area contributed by atoms with E-state index < -0.39 is 0 Å². The highest BCUT2D eigenvalue weighted by atomic mass is 32.1. The fourth-order valence-corrected chi connectivity index (χ4v) is 10.8. The molecule has 0 radical (unpaired) electrons. The van der Waals surface area contributed by atoms with E-state index in [0.717, 1.165) is 57.5 Å². The van der Waals surface area contributed by atoms with Crippen LogP contribution in [0.4, 0.5) is 0 Å². The van der Waals surface area contributed by atoms with E-state index in [1.807, 2.05) is 29.5 Å². The van der Waals surface area contributed by atoms with Gasteiger partial charge >= 0.3 is 0 Å². The Hall–Kier alpha value is -7.28. The van der Waals surface area contributed by atoms with E-state index in [1.165, 1.54) is 64.1 Å². The van der Waals surface area contributed by atoms with E-state index in [0.29, 0.717) is 11.4 Å². The van der Waals surface area contributed by atoms with Crippen LogP contribution in [0.25, 0.3) is 103 Å².